The molecule has 0 amide bonds. The highest BCUT2D eigenvalue weighted by molar-refractivity contribution is 7.13. The third-order valence-corrected chi connectivity index (χ3v) is 10.4. The van der Waals surface area contributed by atoms with E-state index in [9.17, 15) is 0 Å². The SMILES string of the molecule is C=CC=CC(=C(C)C)[Si](C(C=CC)=C(C)C)(c1ccccc1)c1ccccc1. The van der Waals surface area contributed by atoms with Crippen LogP contribution in [0.15, 0.2) is 119 Å². The van der Waals surface area contributed by atoms with Gasteiger partial charge >= 0.3 is 0 Å². The molecule has 1 heteroatoms. The molecule has 0 atom stereocenters. The number of allylic oxidation sites excluding steroid dienone is 9. The van der Waals surface area contributed by atoms with Crippen LogP contribution in [0.1, 0.15) is 34.6 Å². The lowest BCUT2D eigenvalue weighted by Crippen LogP contribution is -2.62. The van der Waals surface area contributed by atoms with Crippen molar-refractivity contribution in [3.63, 3.8) is 0 Å². The van der Waals surface area contributed by atoms with Crippen molar-refractivity contribution in [3.05, 3.63) is 119 Å². The summed E-state index contributed by atoms with van der Waals surface area (Å²) in [6.07, 6.45) is 10.7. The van der Waals surface area contributed by atoms with Gasteiger partial charge in [-0.25, -0.2) is 0 Å². The monoisotopic (exact) mass is 384 g/mol. The van der Waals surface area contributed by atoms with Crippen LogP contribution in [0.25, 0.3) is 0 Å². The maximum Gasteiger partial charge on any atom is 0.179 e. The maximum atomic E-state index is 3.92. The number of hydrogen-bond acceptors (Lipinski definition) is 0. The summed E-state index contributed by atoms with van der Waals surface area (Å²) in [5.74, 6) is 0. The molecule has 0 N–H and O–H groups in total. The van der Waals surface area contributed by atoms with Gasteiger partial charge in [0.1, 0.15) is 0 Å². The van der Waals surface area contributed by atoms with E-state index >= 15 is 0 Å². The second-order valence-corrected chi connectivity index (χ2v) is 11.1. The van der Waals surface area contributed by atoms with Gasteiger partial charge in [0.15, 0.2) is 8.07 Å². The van der Waals surface area contributed by atoms with Crippen molar-refractivity contribution >= 4 is 18.4 Å². The van der Waals surface area contributed by atoms with Crippen LogP contribution >= 0.6 is 0 Å². The molecule has 144 valence electrons. The van der Waals surface area contributed by atoms with Crippen molar-refractivity contribution in [2.75, 3.05) is 0 Å². The average molecular weight is 385 g/mol. The third-order valence-electron chi connectivity index (χ3n) is 5.03. The van der Waals surface area contributed by atoms with E-state index in [4.69, 9.17) is 0 Å². The lowest BCUT2D eigenvalue weighted by atomic mass is 10.3. The van der Waals surface area contributed by atoms with Gasteiger partial charge in [0, 0.05) is 0 Å². The zero-order chi connectivity index (χ0) is 20.6. The fraction of sp³-hybridized carbons (Fsp3) is 0.185. The van der Waals surface area contributed by atoms with Gasteiger partial charge in [0.25, 0.3) is 0 Å². The molecule has 0 unspecified atom stereocenters. The summed E-state index contributed by atoms with van der Waals surface area (Å²) in [6.45, 7) is 15.0. The van der Waals surface area contributed by atoms with Crippen LogP contribution in [-0.4, -0.2) is 8.07 Å². The van der Waals surface area contributed by atoms with Crippen LogP contribution in [0.2, 0.25) is 0 Å². The standard InChI is InChI=1S/C27H32Si/c1-7-9-21-27(23(5)6)28(24-17-12-10-13-18-24,25-19-14-11-15-20-25)26(16-8-2)22(3)4/h7-21H,1H2,2-6H3. The first-order valence-corrected chi connectivity index (χ1v) is 11.9. The summed E-state index contributed by atoms with van der Waals surface area (Å²) in [7, 11) is -2.45. The van der Waals surface area contributed by atoms with Gasteiger partial charge in [0.05, 0.1) is 0 Å². The molecule has 2 aromatic rings. The van der Waals surface area contributed by atoms with Crippen molar-refractivity contribution in [2.45, 2.75) is 34.6 Å². The Labute approximate surface area is 172 Å². The molecular weight excluding hydrogens is 352 g/mol. The second-order valence-electron chi connectivity index (χ2n) is 7.40. The second kappa shape index (κ2) is 10.1. The Bertz CT molecular complexity index is 862. The highest BCUT2D eigenvalue weighted by Crippen LogP contribution is 2.31. The Morgan fingerprint density at radius 2 is 1.14 bits per heavy atom. The minimum absolute atomic E-state index is 1.35. The highest BCUT2D eigenvalue weighted by Gasteiger charge is 2.43. The minimum Gasteiger partial charge on any atom is -0.0991 e. The topological polar surface area (TPSA) is 0 Å². The van der Waals surface area contributed by atoms with Crippen molar-refractivity contribution in [3.8, 4) is 0 Å². The molecule has 0 saturated carbocycles. The van der Waals surface area contributed by atoms with E-state index in [1.54, 1.807) is 0 Å². The first kappa shape index (κ1) is 21.7. The van der Waals surface area contributed by atoms with E-state index in [1.165, 1.54) is 31.9 Å². The van der Waals surface area contributed by atoms with Gasteiger partial charge in [-0.05, 0) is 55.4 Å². The van der Waals surface area contributed by atoms with Gasteiger partial charge in [-0.2, -0.15) is 0 Å². The van der Waals surface area contributed by atoms with Crippen LogP contribution in [0.5, 0.6) is 0 Å². The molecule has 2 aromatic carbocycles. The van der Waals surface area contributed by atoms with E-state index in [2.05, 4.69) is 126 Å². The van der Waals surface area contributed by atoms with Crippen LogP contribution in [0, 0.1) is 0 Å². The van der Waals surface area contributed by atoms with Crippen LogP contribution < -0.4 is 10.4 Å². The molecule has 0 spiro atoms. The summed E-state index contributed by atoms with van der Waals surface area (Å²) < 4.78 is 0. The molecule has 0 bridgehead atoms. The van der Waals surface area contributed by atoms with Crippen molar-refractivity contribution in [2.24, 2.45) is 0 Å². The summed E-state index contributed by atoms with van der Waals surface area (Å²) in [4.78, 5) is 0. The van der Waals surface area contributed by atoms with Crippen LogP contribution in [0.3, 0.4) is 0 Å². The van der Waals surface area contributed by atoms with Crippen LogP contribution in [0.4, 0.5) is 0 Å². The molecule has 0 nitrogen and oxygen atoms in total. The normalized spacial score (nSPS) is 11.6. The molecule has 0 aromatic heterocycles. The van der Waals surface area contributed by atoms with E-state index in [-0.39, 0.29) is 0 Å². The molecule has 0 saturated heterocycles. The minimum atomic E-state index is -2.45. The molecule has 2 rings (SSSR count). The van der Waals surface area contributed by atoms with Crippen molar-refractivity contribution in [1.29, 1.82) is 0 Å². The molecule has 0 aliphatic rings. The van der Waals surface area contributed by atoms with Gasteiger partial charge in [-0.1, -0.05) is 109 Å². The van der Waals surface area contributed by atoms with Gasteiger partial charge in [-0.15, -0.1) is 0 Å². The number of rotatable bonds is 7. The lowest BCUT2D eigenvalue weighted by molar-refractivity contribution is 1.33. The number of hydrogen-bond donors (Lipinski definition) is 0. The predicted octanol–water partition coefficient (Wildman–Crippen LogP) is 6.32. The average Bonchev–Trinajstić information content (AvgIpc) is 2.71. The van der Waals surface area contributed by atoms with Gasteiger partial charge in [0.2, 0.25) is 0 Å². The van der Waals surface area contributed by atoms with Crippen molar-refractivity contribution in [1.82, 2.24) is 0 Å². The Hall–Kier alpha value is -2.64. The predicted molar refractivity (Wildman–Crippen MR) is 129 cm³/mol. The Balaban J connectivity index is 3.13. The molecule has 28 heavy (non-hydrogen) atoms. The van der Waals surface area contributed by atoms with Gasteiger partial charge < -0.3 is 0 Å². The van der Waals surface area contributed by atoms with Crippen LogP contribution in [-0.2, 0) is 0 Å². The fourth-order valence-electron chi connectivity index (χ4n) is 3.97. The zero-order valence-electron chi connectivity index (χ0n) is 17.9. The molecule has 0 radical (unpaired) electrons. The highest BCUT2D eigenvalue weighted by atomic mass is 28.3. The molecule has 0 aliphatic heterocycles. The summed E-state index contributed by atoms with van der Waals surface area (Å²) >= 11 is 0. The summed E-state index contributed by atoms with van der Waals surface area (Å²) in [5.41, 5.74) is 2.71. The largest absolute Gasteiger partial charge is 0.179 e. The Morgan fingerprint density at radius 1 is 0.714 bits per heavy atom. The quantitative estimate of drug-likeness (QED) is 0.387. The molecule has 0 fully saturated rings. The van der Waals surface area contributed by atoms with Crippen molar-refractivity contribution < 1.29 is 0 Å². The first-order valence-electron chi connectivity index (χ1n) is 9.88. The first-order chi connectivity index (χ1) is 13.5. The van der Waals surface area contributed by atoms with E-state index in [1.807, 2.05) is 6.08 Å². The summed E-state index contributed by atoms with van der Waals surface area (Å²) in [5, 5.41) is 5.66. The van der Waals surface area contributed by atoms with E-state index in [0.717, 1.165) is 0 Å². The fourth-order valence-corrected chi connectivity index (χ4v) is 9.49. The molecule has 0 heterocycles. The van der Waals surface area contributed by atoms with E-state index in [0.29, 0.717) is 0 Å². The third kappa shape index (κ3) is 4.26. The summed E-state index contributed by atoms with van der Waals surface area (Å²) in [6, 6.07) is 22.1. The Kier molecular flexibility index (Phi) is 7.77. The zero-order valence-corrected chi connectivity index (χ0v) is 18.9. The molecular formula is C27H32Si. The lowest BCUT2D eigenvalue weighted by Gasteiger charge is -2.38. The molecule has 0 aliphatic carbocycles. The maximum absolute atomic E-state index is 3.92. The smallest absolute Gasteiger partial charge is 0.0991 e. The Morgan fingerprint density at radius 3 is 1.50 bits per heavy atom. The van der Waals surface area contributed by atoms with E-state index < -0.39 is 8.07 Å². The number of benzene rings is 2. The van der Waals surface area contributed by atoms with Gasteiger partial charge in [-0.3, -0.25) is 0 Å².